The minimum atomic E-state index is -0.516. The fraction of sp³-hybridized carbons (Fsp3) is 0.200. The van der Waals surface area contributed by atoms with E-state index in [1.807, 2.05) is 0 Å². The molecule has 0 aliphatic rings. The van der Waals surface area contributed by atoms with E-state index in [9.17, 15) is 10.1 Å². The minimum absolute atomic E-state index is 0.0845. The predicted molar refractivity (Wildman–Crippen MR) is 64.5 cm³/mol. The van der Waals surface area contributed by atoms with Gasteiger partial charge in [-0.25, -0.2) is 0 Å². The molecule has 18 heavy (non-hydrogen) atoms. The summed E-state index contributed by atoms with van der Waals surface area (Å²) in [5.74, 6) is 0.490. The molecule has 1 N–H and O–H groups in total. The van der Waals surface area contributed by atoms with Crippen LogP contribution in [0.25, 0.3) is 0 Å². The van der Waals surface area contributed by atoms with Crippen LogP contribution in [0.15, 0.2) is 23.0 Å². The van der Waals surface area contributed by atoms with Crippen LogP contribution in [-0.2, 0) is 6.54 Å². The summed E-state index contributed by atoms with van der Waals surface area (Å²) < 4.78 is 4.59. The van der Waals surface area contributed by atoms with Crippen LogP contribution >= 0.6 is 11.6 Å². The van der Waals surface area contributed by atoms with Crippen molar-refractivity contribution in [2.24, 2.45) is 0 Å². The molecule has 8 heteroatoms. The first-order chi connectivity index (χ1) is 8.58. The highest BCUT2D eigenvalue weighted by atomic mass is 35.5. The molecule has 0 aliphatic carbocycles. The molecule has 0 spiro atoms. The number of aryl methyl sites for hydroxylation is 1. The lowest BCUT2D eigenvalue weighted by Gasteiger charge is -2.08. The van der Waals surface area contributed by atoms with Gasteiger partial charge in [0.2, 0.25) is 6.39 Å². The number of hydrogen-bond donors (Lipinski definition) is 1. The lowest BCUT2D eigenvalue weighted by Crippen LogP contribution is -2.03. The van der Waals surface area contributed by atoms with Crippen LogP contribution in [0.1, 0.15) is 11.4 Å². The zero-order valence-electron chi connectivity index (χ0n) is 9.38. The van der Waals surface area contributed by atoms with Crippen LogP contribution in [0, 0.1) is 17.0 Å². The summed E-state index contributed by atoms with van der Waals surface area (Å²) in [6, 6.07) is 2.93. The third-order valence-electron chi connectivity index (χ3n) is 2.33. The van der Waals surface area contributed by atoms with E-state index in [1.54, 1.807) is 6.92 Å². The van der Waals surface area contributed by atoms with Crippen molar-refractivity contribution in [3.63, 3.8) is 0 Å². The Morgan fingerprint density at radius 1 is 1.56 bits per heavy atom. The Morgan fingerprint density at radius 3 is 2.94 bits per heavy atom. The molecular formula is C10H9ClN4O3. The van der Waals surface area contributed by atoms with Gasteiger partial charge in [0, 0.05) is 11.8 Å². The van der Waals surface area contributed by atoms with Gasteiger partial charge in [-0.1, -0.05) is 16.8 Å². The summed E-state index contributed by atoms with van der Waals surface area (Å²) >= 11 is 5.83. The topological polar surface area (TPSA) is 94.1 Å². The first-order valence-corrected chi connectivity index (χ1v) is 5.39. The molecule has 1 aromatic carbocycles. The van der Waals surface area contributed by atoms with Crippen molar-refractivity contribution in [2.75, 3.05) is 5.32 Å². The molecule has 2 aromatic rings. The summed E-state index contributed by atoms with van der Waals surface area (Å²) in [7, 11) is 0. The number of halogens is 1. The molecule has 0 saturated heterocycles. The molecule has 0 saturated carbocycles. The van der Waals surface area contributed by atoms with Crippen LogP contribution in [0.3, 0.4) is 0 Å². The van der Waals surface area contributed by atoms with Gasteiger partial charge in [-0.2, -0.15) is 4.98 Å². The van der Waals surface area contributed by atoms with Gasteiger partial charge < -0.3 is 9.84 Å². The largest absolute Gasteiger partial charge is 0.377 e. The monoisotopic (exact) mass is 268 g/mol. The number of aromatic nitrogens is 2. The Kier molecular flexibility index (Phi) is 3.42. The average Bonchev–Trinajstić information content (AvgIpc) is 2.82. The Bertz CT molecular complexity index is 571. The fourth-order valence-corrected chi connectivity index (χ4v) is 1.67. The molecule has 1 heterocycles. The minimum Gasteiger partial charge on any atom is -0.377 e. The number of anilines is 1. The summed E-state index contributed by atoms with van der Waals surface area (Å²) in [5, 5.41) is 17.5. The van der Waals surface area contributed by atoms with Gasteiger partial charge in [0.05, 0.1) is 11.5 Å². The fourth-order valence-electron chi connectivity index (χ4n) is 1.44. The molecule has 2 rings (SSSR count). The van der Waals surface area contributed by atoms with E-state index in [0.29, 0.717) is 18.1 Å². The van der Waals surface area contributed by atoms with E-state index >= 15 is 0 Å². The van der Waals surface area contributed by atoms with Crippen LogP contribution in [0.5, 0.6) is 0 Å². The summed E-state index contributed by atoms with van der Waals surface area (Å²) in [6.45, 7) is 2.10. The molecule has 0 aliphatic heterocycles. The Balaban J connectivity index is 2.19. The Hall–Kier alpha value is -2.15. The third kappa shape index (κ3) is 2.57. The van der Waals surface area contributed by atoms with E-state index < -0.39 is 4.92 Å². The number of rotatable bonds is 4. The van der Waals surface area contributed by atoms with Crippen LogP contribution < -0.4 is 5.32 Å². The maximum Gasteiger partial charge on any atom is 0.288 e. The van der Waals surface area contributed by atoms with Crippen molar-refractivity contribution in [1.29, 1.82) is 0 Å². The molecule has 0 amide bonds. The van der Waals surface area contributed by atoms with Crippen LogP contribution in [0.2, 0.25) is 5.02 Å². The van der Waals surface area contributed by atoms with Gasteiger partial charge in [-0.15, -0.1) is 0 Å². The maximum absolute atomic E-state index is 10.7. The lowest BCUT2D eigenvalue weighted by atomic mass is 10.2. The number of nitro groups is 1. The Morgan fingerprint density at radius 2 is 2.33 bits per heavy atom. The predicted octanol–water partition coefficient (Wildman–Crippen LogP) is 2.55. The molecule has 1 aromatic heterocycles. The number of nitrogens with zero attached hydrogens (tertiary/aromatic N) is 3. The van der Waals surface area contributed by atoms with Gasteiger partial charge in [-0.3, -0.25) is 10.1 Å². The second-order valence-corrected chi connectivity index (χ2v) is 3.98. The number of nitro benzene ring substituents is 1. The second kappa shape index (κ2) is 5.01. The van der Waals surface area contributed by atoms with Crippen molar-refractivity contribution in [1.82, 2.24) is 10.1 Å². The van der Waals surface area contributed by atoms with Gasteiger partial charge in [0.25, 0.3) is 5.69 Å². The van der Waals surface area contributed by atoms with Crippen molar-refractivity contribution in [3.8, 4) is 0 Å². The van der Waals surface area contributed by atoms with E-state index in [2.05, 4.69) is 20.0 Å². The van der Waals surface area contributed by atoms with Crippen molar-refractivity contribution >= 4 is 23.0 Å². The van der Waals surface area contributed by atoms with Crippen molar-refractivity contribution in [2.45, 2.75) is 13.5 Å². The number of nitrogens with one attached hydrogen (secondary N) is 1. The highest BCUT2D eigenvalue weighted by molar-refractivity contribution is 6.33. The maximum atomic E-state index is 10.7. The summed E-state index contributed by atoms with van der Waals surface area (Å²) in [6.07, 6.45) is 1.23. The number of hydrogen-bond acceptors (Lipinski definition) is 6. The normalized spacial score (nSPS) is 10.3. The molecule has 0 radical (unpaired) electrons. The second-order valence-electron chi connectivity index (χ2n) is 3.58. The molecule has 0 fully saturated rings. The molecule has 94 valence electrons. The molecular weight excluding hydrogens is 260 g/mol. The lowest BCUT2D eigenvalue weighted by molar-refractivity contribution is -0.384. The van der Waals surface area contributed by atoms with Crippen molar-refractivity contribution < 1.29 is 9.45 Å². The molecule has 0 atom stereocenters. The van der Waals surface area contributed by atoms with E-state index in [1.165, 1.54) is 18.5 Å². The average molecular weight is 269 g/mol. The zero-order chi connectivity index (χ0) is 13.1. The van der Waals surface area contributed by atoms with Crippen LogP contribution in [-0.4, -0.2) is 15.1 Å². The van der Waals surface area contributed by atoms with E-state index in [-0.39, 0.29) is 10.7 Å². The summed E-state index contributed by atoms with van der Waals surface area (Å²) in [4.78, 5) is 14.0. The molecule has 0 bridgehead atoms. The Labute approximate surface area is 107 Å². The number of benzene rings is 1. The first kappa shape index (κ1) is 12.3. The van der Waals surface area contributed by atoms with E-state index in [0.717, 1.165) is 5.56 Å². The standard InChI is InChI=1S/C10H9ClN4O3/c1-6-2-9(15(16)17)7(11)3-8(6)12-4-10-13-5-18-14-10/h2-3,5,12H,4H2,1H3. The molecule has 7 nitrogen and oxygen atoms in total. The quantitative estimate of drug-likeness (QED) is 0.676. The SMILES string of the molecule is Cc1cc([N+](=O)[O-])c(Cl)cc1NCc1ncon1. The summed E-state index contributed by atoms with van der Waals surface area (Å²) in [5.41, 5.74) is 1.30. The highest BCUT2D eigenvalue weighted by Crippen LogP contribution is 2.30. The highest BCUT2D eigenvalue weighted by Gasteiger charge is 2.15. The first-order valence-electron chi connectivity index (χ1n) is 5.01. The smallest absolute Gasteiger partial charge is 0.288 e. The molecule has 0 unspecified atom stereocenters. The zero-order valence-corrected chi connectivity index (χ0v) is 10.1. The van der Waals surface area contributed by atoms with Crippen molar-refractivity contribution in [3.05, 3.63) is 45.1 Å². The van der Waals surface area contributed by atoms with Gasteiger partial charge >= 0.3 is 0 Å². The third-order valence-corrected chi connectivity index (χ3v) is 2.64. The van der Waals surface area contributed by atoms with Crippen LogP contribution in [0.4, 0.5) is 11.4 Å². The van der Waals surface area contributed by atoms with Gasteiger partial charge in [-0.05, 0) is 18.6 Å². The van der Waals surface area contributed by atoms with E-state index in [4.69, 9.17) is 11.6 Å². The van der Waals surface area contributed by atoms with Gasteiger partial charge in [0.1, 0.15) is 5.02 Å². The van der Waals surface area contributed by atoms with Gasteiger partial charge in [0.15, 0.2) is 5.82 Å².